The van der Waals surface area contributed by atoms with Crippen molar-refractivity contribution in [1.82, 2.24) is 0 Å². The lowest BCUT2D eigenvalue weighted by atomic mass is 10.1. The smallest absolute Gasteiger partial charge is 0.332 e. The number of carbonyl (C=O) groups is 1. The molecule has 0 amide bonds. The maximum Gasteiger partial charge on any atom is 0.332 e. The highest BCUT2D eigenvalue weighted by Gasteiger charge is 2.08. The molecule has 0 spiro atoms. The van der Waals surface area contributed by atoms with Crippen molar-refractivity contribution in [3.63, 3.8) is 0 Å². The van der Waals surface area contributed by atoms with Gasteiger partial charge < -0.3 is 10.2 Å². The third-order valence-electron chi connectivity index (χ3n) is 0.922. The normalized spacial score (nSPS) is 14.9. The van der Waals surface area contributed by atoms with Crippen LogP contribution in [0.5, 0.6) is 0 Å². The Bertz CT molecular complexity index is 151. The molecule has 0 heterocycles. The van der Waals surface area contributed by atoms with E-state index in [1.807, 2.05) is 22.6 Å². The van der Waals surface area contributed by atoms with Crippen LogP contribution in [0.2, 0.25) is 0 Å². The topological polar surface area (TPSA) is 57.5 Å². The lowest BCUT2D eigenvalue weighted by Crippen LogP contribution is -2.07. The van der Waals surface area contributed by atoms with Gasteiger partial charge in [0.05, 0.1) is 6.10 Å². The van der Waals surface area contributed by atoms with Crippen molar-refractivity contribution < 1.29 is 15.0 Å². The lowest BCUT2D eigenvalue weighted by molar-refractivity contribution is -0.133. The second kappa shape index (κ2) is 4.68. The molecule has 0 rings (SSSR count). The minimum absolute atomic E-state index is 0.207. The highest BCUT2D eigenvalue weighted by molar-refractivity contribution is 14.1. The molecule has 0 saturated heterocycles. The van der Waals surface area contributed by atoms with Gasteiger partial charge in [-0.1, -0.05) is 22.6 Å². The Kier molecular flexibility index (Phi) is 4.63. The third-order valence-corrected chi connectivity index (χ3v) is 1.67. The van der Waals surface area contributed by atoms with Crippen LogP contribution in [0.1, 0.15) is 13.3 Å². The predicted molar refractivity (Wildman–Crippen MR) is 46.0 cm³/mol. The summed E-state index contributed by atoms with van der Waals surface area (Å²) in [7, 11) is 0. The Morgan fingerprint density at radius 3 is 2.40 bits per heavy atom. The van der Waals surface area contributed by atoms with Gasteiger partial charge in [0.25, 0.3) is 0 Å². The van der Waals surface area contributed by atoms with Crippen LogP contribution in [-0.2, 0) is 4.79 Å². The van der Waals surface area contributed by atoms with Gasteiger partial charge in [0.2, 0.25) is 0 Å². The largest absolute Gasteiger partial charge is 0.478 e. The zero-order chi connectivity index (χ0) is 8.15. The number of hydrogen-bond acceptors (Lipinski definition) is 2. The summed E-state index contributed by atoms with van der Waals surface area (Å²) in [5.41, 5.74) is 0.246. The van der Waals surface area contributed by atoms with Crippen LogP contribution in [0.15, 0.2) is 9.66 Å². The Morgan fingerprint density at radius 2 is 2.30 bits per heavy atom. The van der Waals surface area contributed by atoms with E-state index in [0.717, 1.165) is 0 Å². The van der Waals surface area contributed by atoms with Gasteiger partial charge in [-0.25, -0.2) is 4.79 Å². The van der Waals surface area contributed by atoms with E-state index >= 15 is 0 Å². The summed E-state index contributed by atoms with van der Waals surface area (Å²) < 4.78 is 1.47. The number of aliphatic carboxylic acids is 1. The molecule has 1 atom stereocenters. The molecular formula is C6H9IO3. The molecule has 0 saturated carbocycles. The predicted octanol–water partition coefficient (Wildman–Crippen LogP) is 1.16. The fourth-order valence-electron chi connectivity index (χ4n) is 0.497. The standard InChI is InChI=1S/C6H9IO3/c1-4(8)2-5(3-7)6(9)10/h3-4,8H,2H2,1H3,(H,9,10)/b5-3-. The van der Waals surface area contributed by atoms with E-state index < -0.39 is 12.1 Å². The van der Waals surface area contributed by atoms with E-state index in [1.165, 1.54) is 4.08 Å². The Labute approximate surface area is 72.9 Å². The van der Waals surface area contributed by atoms with Crippen LogP contribution in [-0.4, -0.2) is 22.3 Å². The van der Waals surface area contributed by atoms with Crippen LogP contribution in [0.4, 0.5) is 0 Å². The first-order valence-electron chi connectivity index (χ1n) is 2.78. The van der Waals surface area contributed by atoms with Crippen molar-refractivity contribution >= 4 is 28.6 Å². The summed E-state index contributed by atoms with van der Waals surface area (Å²) in [6.07, 6.45) is -0.379. The summed E-state index contributed by atoms with van der Waals surface area (Å²) in [5.74, 6) is -0.963. The fourth-order valence-corrected chi connectivity index (χ4v) is 1.02. The molecule has 10 heavy (non-hydrogen) atoms. The molecule has 0 aromatic carbocycles. The van der Waals surface area contributed by atoms with E-state index in [1.54, 1.807) is 6.92 Å². The molecule has 0 aliphatic carbocycles. The second-order valence-electron chi connectivity index (χ2n) is 1.99. The van der Waals surface area contributed by atoms with Crippen LogP contribution in [0.3, 0.4) is 0 Å². The molecule has 58 valence electrons. The second-order valence-corrected chi connectivity index (χ2v) is 2.62. The van der Waals surface area contributed by atoms with Gasteiger partial charge in [-0.15, -0.1) is 0 Å². The Morgan fingerprint density at radius 1 is 1.80 bits per heavy atom. The molecule has 0 aliphatic rings. The fraction of sp³-hybridized carbons (Fsp3) is 0.500. The first-order valence-corrected chi connectivity index (χ1v) is 4.03. The SMILES string of the molecule is CC(O)C/C(=C/I)C(=O)O. The minimum Gasteiger partial charge on any atom is -0.478 e. The molecule has 0 fully saturated rings. The molecule has 0 aromatic rings. The van der Waals surface area contributed by atoms with E-state index in [-0.39, 0.29) is 12.0 Å². The molecule has 0 aromatic heterocycles. The van der Waals surface area contributed by atoms with Crippen LogP contribution < -0.4 is 0 Å². The van der Waals surface area contributed by atoms with Gasteiger partial charge in [-0.3, -0.25) is 0 Å². The monoisotopic (exact) mass is 256 g/mol. The van der Waals surface area contributed by atoms with Gasteiger partial charge >= 0.3 is 5.97 Å². The van der Waals surface area contributed by atoms with Crippen LogP contribution >= 0.6 is 22.6 Å². The van der Waals surface area contributed by atoms with Crippen molar-refractivity contribution in [2.24, 2.45) is 0 Å². The van der Waals surface area contributed by atoms with Gasteiger partial charge in [0.15, 0.2) is 0 Å². The highest BCUT2D eigenvalue weighted by Crippen LogP contribution is 2.07. The summed E-state index contributed by atoms with van der Waals surface area (Å²) in [6, 6.07) is 0. The summed E-state index contributed by atoms with van der Waals surface area (Å²) in [5, 5.41) is 17.2. The van der Waals surface area contributed by atoms with Gasteiger partial charge in [-0.05, 0) is 11.0 Å². The van der Waals surface area contributed by atoms with Crippen molar-refractivity contribution in [2.75, 3.05) is 0 Å². The number of carboxylic acids is 1. The third kappa shape index (κ3) is 3.84. The quantitative estimate of drug-likeness (QED) is 0.588. The van der Waals surface area contributed by atoms with E-state index in [4.69, 9.17) is 10.2 Å². The van der Waals surface area contributed by atoms with Gasteiger partial charge in [0.1, 0.15) is 0 Å². The first-order chi connectivity index (χ1) is 4.57. The molecule has 0 aliphatic heterocycles. The number of carboxylic acid groups (broad SMARTS) is 1. The molecule has 4 heteroatoms. The molecule has 0 bridgehead atoms. The van der Waals surface area contributed by atoms with Crippen LogP contribution in [0.25, 0.3) is 0 Å². The number of hydrogen-bond donors (Lipinski definition) is 2. The maximum atomic E-state index is 10.3. The maximum absolute atomic E-state index is 10.3. The molecule has 1 unspecified atom stereocenters. The zero-order valence-electron chi connectivity index (χ0n) is 5.54. The van der Waals surface area contributed by atoms with E-state index in [9.17, 15) is 4.79 Å². The summed E-state index contributed by atoms with van der Waals surface area (Å²) in [4.78, 5) is 10.3. The molecular weight excluding hydrogens is 247 g/mol. The van der Waals surface area contributed by atoms with Gasteiger partial charge in [-0.2, -0.15) is 0 Å². The zero-order valence-corrected chi connectivity index (χ0v) is 7.70. The summed E-state index contributed by atoms with van der Waals surface area (Å²) in [6.45, 7) is 1.56. The van der Waals surface area contributed by atoms with Crippen molar-refractivity contribution in [2.45, 2.75) is 19.4 Å². The van der Waals surface area contributed by atoms with Crippen LogP contribution in [0, 0.1) is 0 Å². The number of aliphatic hydroxyl groups is 1. The number of halogens is 1. The molecule has 3 nitrogen and oxygen atoms in total. The molecule has 0 radical (unpaired) electrons. The first kappa shape index (κ1) is 9.90. The molecule has 2 N–H and O–H groups in total. The van der Waals surface area contributed by atoms with Gasteiger partial charge in [0, 0.05) is 12.0 Å². The van der Waals surface area contributed by atoms with E-state index in [0.29, 0.717) is 0 Å². The Balaban J connectivity index is 3.99. The lowest BCUT2D eigenvalue weighted by Gasteiger charge is -2.02. The van der Waals surface area contributed by atoms with Crippen molar-refractivity contribution in [3.05, 3.63) is 9.66 Å². The Hall–Kier alpha value is -0.100. The summed E-state index contributed by atoms with van der Waals surface area (Å²) >= 11 is 1.84. The van der Waals surface area contributed by atoms with E-state index in [2.05, 4.69) is 0 Å². The average molecular weight is 256 g/mol. The minimum atomic E-state index is -0.963. The van der Waals surface area contributed by atoms with Crippen molar-refractivity contribution in [1.29, 1.82) is 0 Å². The van der Waals surface area contributed by atoms with Crippen molar-refractivity contribution in [3.8, 4) is 0 Å². The number of rotatable bonds is 3. The number of aliphatic hydroxyl groups excluding tert-OH is 1. The highest BCUT2D eigenvalue weighted by atomic mass is 127. The average Bonchev–Trinajstić information content (AvgIpc) is 1.81.